The van der Waals surface area contributed by atoms with Gasteiger partial charge in [0.25, 0.3) is 0 Å². The number of esters is 4. The molecule has 0 saturated carbocycles. The Kier molecular flexibility index (Phi) is 67.8. The van der Waals surface area contributed by atoms with Crippen molar-refractivity contribution in [1.29, 1.82) is 0 Å². The molecule has 0 heterocycles. The van der Waals surface area contributed by atoms with Crippen molar-refractivity contribution in [3.8, 4) is 0 Å². The Morgan fingerprint density at radius 2 is 0.485 bits per heavy atom. The lowest BCUT2D eigenvalue weighted by Crippen LogP contribution is -2.30. The Balaban J connectivity index is 5.23. The van der Waals surface area contributed by atoms with Crippen molar-refractivity contribution in [3.63, 3.8) is 0 Å². The topological polar surface area (TPSA) is 237 Å². The number of carbonyl (C=O) groups excluding carboxylic acids is 4. The van der Waals surface area contributed by atoms with Crippen LogP contribution in [-0.2, 0) is 65.4 Å². The summed E-state index contributed by atoms with van der Waals surface area (Å²) in [6, 6.07) is 0. The number of ether oxygens (including phenoxy) is 4. The van der Waals surface area contributed by atoms with Gasteiger partial charge in [-0.15, -0.1) is 0 Å². The number of phosphoric ester groups is 2. The van der Waals surface area contributed by atoms with Gasteiger partial charge in [0, 0.05) is 25.7 Å². The first-order chi connectivity index (χ1) is 47.6. The predicted octanol–water partition coefficient (Wildman–Crippen LogP) is 23.6. The van der Waals surface area contributed by atoms with Gasteiger partial charge in [0.2, 0.25) is 0 Å². The molecule has 0 aromatic rings. The summed E-state index contributed by atoms with van der Waals surface area (Å²) in [7, 11) is -9.92. The van der Waals surface area contributed by atoms with Gasteiger partial charge in [0.05, 0.1) is 26.4 Å². The van der Waals surface area contributed by atoms with E-state index in [1.165, 1.54) is 205 Å². The molecule has 0 aliphatic carbocycles. The van der Waals surface area contributed by atoms with Crippen molar-refractivity contribution < 1.29 is 80.2 Å². The number of hydrogen-bond acceptors (Lipinski definition) is 15. The number of carbonyl (C=O) groups is 4. The van der Waals surface area contributed by atoms with Crippen LogP contribution in [-0.4, -0.2) is 96.7 Å². The first-order valence-corrected chi connectivity index (χ1v) is 44.2. The van der Waals surface area contributed by atoms with Crippen LogP contribution in [0.4, 0.5) is 0 Å². The van der Waals surface area contributed by atoms with Gasteiger partial charge in [-0.2, -0.15) is 0 Å². The van der Waals surface area contributed by atoms with Crippen molar-refractivity contribution in [2.45, 2.75) is 427 Å². The second-order valence-electron chi connectivity index (χ2n) is 30.5. The van der Waals surface area contributed by atoms with Crippen molar-refractivity contribution >= 4 is 39.5 Å². The van der Waals surface area contributed by atoms with E-state index in [-0.39, 0.29) is 25.7 Å². The second kappa shape index (κ2) is 69.1. The zero-order valence-electron chi connectivity index (χ0n) is 65.1. The minimum atomic E-state index is -4.96. The molecule has 3 N–H and O–H groups in total. The molecule has 17 nitrogen and oxygen atoms in total. The van der Waals surface area contributed by atoms with Crippen molar-refractivity contribution in [3.05, 3.63) is 0 Å². The average Bonchev–Trinajstić information content (AvgIpc) is 0.961. The molecule has 0 fully saturated rings. The molecule has 0 bridgehead atoms. The van der Waals surface area contributed by atoms with Gasteiger partial charge in [-0.05, 0) is 49.4 Å². The lowest BCUT2D eigenvalue weighted by Gasteiger charge is -2.21. The smallest absolute Gasteiger partial charge is 0.462 e. The molecule has 0 aromatic carbocycles. The molecule has 0 spiro atoms. The van der Waals surface area contributed by atoms with E-state index in [9.17, 15) is 43.2 Å². The Morgan fingerprint density at radius 1 is 0.283 bits per heavy atom. The molecule has 0 amide bonds. The van der Waals surface area contributed by atoms with E-state index >= 15 is 0 Å². The van der Waals surface area contributed by atoms with E-state index in [0.29, 0.717) is 31.6 Å². The summed E-state index contributed by atoms with van der Waals surface area (Å²) in [4.78, 5) is 73.0. The van der Waals surface area contributed by atoms with E-state index in [1.54, 1.807) is 0 Å². The first kappa shape index (κ1) is 97.1. The van der Waals surface area contributed by atoms with Crippen molar-refractivity contribution in [2.75, 3.05) is 39.6 Å². The van der Waals surface area contributed by atoms with Crippen LogP contribution in [0.15, 0.2) is 0 Å². The molecule has 0 rings (SSSR count). The first-order valence-electron chi connectivity index (χ1n) is 41.2. The van der Waals surface area contributed by atoms with Gasteiger partial charge in [0.1, 0.15) is 19.3 Å². The van der Waals surface area contributed by atoms with Crippen LogP contribution in [0.2, 0.25) is 0 Å². The highest BCUT2D eigenvalue weighted by Crippen LogP contribution is 2.45. The normalized spacial score (nSPS) is 14.3. The standard InChI is InChI=1S/C80H156O17P2/c1-9-73(8)59-51-43-34-28-22-16-10-11-17-23-29-35-44-52-60-77(82)90-66-75(96-79(84)62-54-46-36-30-24-18-12-14-20-26-32-40-48-56-70(2)3)68-94-98(86,87)92-64-74(81)65-93-99(88,89)95-69-76(67-91-78(83)61-53-45-39-38-42-50-58-72(6)7)97-80(85)63-55-47-37-31-25-19-13-15-21-27-33-41-49-57-71(4)5/h70-76,81H,9-69H2,1-8H3,(H,86,87)(H,88,89)/t73?,74-,75-,76-/m1/s1. The molecule has 6 atom stereocenters. The van der Waals surface area contributed by atoms with E-state index in [1.807, 2.05) is 0 Å². The molecule has 0 saturated heterocycles. The molecule has 3 unspecified atom stereocenters. The zero-order chi connectivity index (χ0) is 73.1. The molecule has 0 radical (unpaired) electrons. The fourth-order valence-corrected chi connectivity index (χ4v) is 13.8. The van der Waals surface area contributed by atoms with E-state index < -0.39 is 97.5 Å². The van der Waals surface area contributed by atoms with Gasteiger partial charge in [0.15, 0.2) is 12.2 Å². The quantitative estimate of drug-likeness (QED) is 0.0222. The summed E-state index contributed by atoms with van der Waals surface area (Å²) in [5, 5.41) is 10.6. The number of unbranched alkanes of at least 4 members (excludes halogenated alkanes) is 42. The van der Waals surface area contributed by atoms with Crippen LogP contribution < -0.4 is 0 Å². The summed E-state index contributed by atoms with van der Waals surface area (Å²) in [6.07, 6.45) is 55.5. The van der Waals surface area contributed by atoms with Gasteiger partial charge < -0.3 is 33.8 Å². The monoisotopic (exact) mass is 1450 g/mol. The fraction of sp³-hybridized carbons (Fsp3) is 0.950. The summed E-state index contributed by atoms with van der Waals surface area (Å²) < 4.78 is 68.7. The highest BCUT2D eigenvalue weighted by atomic mass is 31.2. The van der Waals surface area contributed by atoms with E-state index in [0.717, 1.165) is 114 Å². The van der Waals surface area contributed by atoms with Gasteiger partial charge in [-0.3, -0.25) is 37.3 Å². The molecule has 19 heteroatoms. The maximum absolute atomic E-state index is 13.1. The molecule has 0 aliphatic heterocycles. The molecular formula is C80H156O17P2. The summed E-state index contributed by atoms with van der Waals surface area (Å²) in [5.74, 6) is 0.986. The maximum Gasteiger partial charge on any atom is 0.472 e. The maximum atomic E-state index is 13.1. The summed E-state index contributed by atoms with van der Waals surface area (Å²) in [6.45, 7) is 14.2. The third kappa shape index (κ3) is 72.8. The number of hydrogen-bond donors (Lipinski definition) is 3. The molecular weight excluding hydrogens is 1290 g/mol. The third-order valence-corrected chi connectivity index (χ3v) is 20.8. The average molecular weight is 1450 g/mol. The number of phosphoric acid groups is 2. The van der Waals surface area contributed by atoms with Gasteiger partial charge in [-0.25, -0.2) is 9.13 Å². The van der Waals surface area contributed by atoms with Crippen molar-refractivity contribution in [1.82, 2.24) is 0 Å². The third-order valence-electron chi connectivity index (χ3n) is 18.9. The van der Waals surface area contributed by atoms with Crippen LogP contribution in [0, 0.1) is 23.7 Å². The summed E-state index contributed by atoms with van der Waals surface area (Å²) in [5.41, 5.74) is 0. The minimum Gasteiger partial charge on any atom is -0.462 e. The van der Waals surface area contributed by atoms with E-state index in [2.05, 4.69) is 55.4 Å². The molecule has 588 valence electrons. The number of aliphatic hydroxyl groups is 1. The summed E-state index contributed by atoms with van der Waals surface area (Å²) >= 11 is 0. The highest BCUT2D eigenvalue weighted by molar-refractivity contribution is 7.47. The Hall–Kier alpha value is -1.94. The zero-order valence-corrected chi connectivity index (χ0v) is 66.9. The van der Waals surface area contributed by atoms with Gasteiger partial charge >= 0.3 is 39.5 Å². The number of rotatable bonds is 77. The Bertz CT molecular complexity index is 1940. The van der Waals surface area contributed by atoms with Crippen LogP contribution >= 0.6 is 15.6 Å². The SMILES string of the molecule is CCC(C)CCCCCCCCCCCCCCCCC(=O)OC[C@H](COP(=O)(O)OC[C@@H](O)COP(=O)(O)OC[C@@H](COC(=O)CCCCCCCCC(C)C)OC(=O)CCCCCCCCCCCCCCCC(C)C)OC(=O)CCCCCCCCCCCCCCCC(C)C. The largest absolute Gasteiger partial charge is 0.472 e. The van der Waals surface area contributed by atoms with Crippen LogP contribution in [0.3, 0.4) is 0 Å². The minimum absolute atomic E-state index is 0.106. The predicted molar refractivity (Wildman–Crippen MR) is 404 cm³/mol. The lowest BCUT2D eigenvalue weighted by atomic mass is 9.99. The van der Waals surface area contributed by atoms with Crippen LogP contribution in [0.25, 0.3) is 0 Å². The Morgan fingerprint density at radius 3 is 0.717 bits per heavy atom. The lowest BCUT2D eigenvalue weighted by molar-refractivity contribution is -0.161. The van der Waals surface area contributed by atoms with Crippen molar-refractivity contribution in [2.24, 2.45) is 23.7 Å². The Labute approximate surface area is 607 Å². The molecule has 99 heavy (non-hydrogen) atoms. The van der Waals surface area contributed by atoms with Crippen LogP contribution in [0.5, 0.6) is 0 Å². The molecule has 0 aliphatic rings. The molecule has 0 aromatic heterocycles. The number of aliphatic hydroxyl groups excluding tert-OH is 1. The second-order valence-corrected chi connectivity index (χ2v) is 33.4. The van der Waals surface area contributed by atoms with E-state index in [4.69, 9.17) is 37.0 Å². The highest BCUT2D eigenvalue weighted by Gasteiger charge is 2.30. The van der Waals surface area contributed by atoms with Gasteiger partial charge in [-0.1, -0.05) is 357 Å². The fourth-order valence-electron chi connectivity index (χ4n) is 12.2. The van der Waals surface area contributed by atoms with Crippen LogP contribution in [0.1, 0.15) is 409 Å².